The molecule has 1 rings (SSSR count). The Morgan fingerprint density at radius 2 is 1.80 bits per heavy atom. The predicted octanol–water partition coefficient (Wildman–Crippen LogP) is 2.56. The van der Waals surface area contributed by atoms with Gasteiger partial charge >= 0.3 is 0 Å². The molecule has 1 unspecified atom stereocenters. The van der Waals surface area contributed by atoms with Gasteiger partial charge in [0.2, 0.25) is 11.8 Å². The summed E-state index contributed by atoms with van der Waals surface area (Å²) < 4.78 is 0. The van der Waals surface area contributed by atoms with Crippen LogP contribution in [-0.2, 0) is 9.59 Å². The molecule has 0 spiro atoms. The molecule has 4 heteroatoms. The van der Waals surface area contributed by atoms with E-state index in [1.54, 1.807) is 0 Å². The maximum Gasteiger partial charge on any atom is 0.222 e. The Morgan fingerprint density at radius 1 is 1.20 bits per heavy atom. The zero-order valence-electron chi connectivity index (χ0n) is 12.7. The first-order chi connectivity index (χ1) is 9.34. The molecule has 0 aromatic heterocycles. The van der Waals surface area contributed by atoms with Gasteiger partial charge in [-0.25, -0.2) is 0 Å². The molecule has 0 saturated heterocycles. The summed E-state index contributed by atoms with van der Waals surface area (Å²) in [5.41, 5.74) is 0.710. The Balaban J connectivity index is 2.76. The van der Waals surface area contributed by atoms with Crippen molar-refractivity contribution in [3.05, 3.63) is 35.9 Å². The zero-order chi connectivity index (χ0) is 15.2. The normalized spacial score (nSPS) is 12.6. The fourth-order valence-corrected chi connectivity index (χ4v) is 1.89. The van der Waals surface area contributed by atoms with E-state index < -0.39 is 0 Å². The van der Waals surface area contributed by atoms with Gasteiger partial charge in [-0.15, -0.1) is 0 Å². The second-order valence-electron chi connectivity index (χ2n) is 5.65. The minimum atomic E-state index is -0.290. The molecular formula is C16H24N2O2. The highest BCUT2D eigenvalue weighted by Crippen LogP contribution is 2.17. The van der Waals surface area contributed by atoms with Crippen LogP contribution in [0.3, 0.4) is 0 Å². The molecular weight excluding hydrogens is 252 g/mol. The highest BCUT2D eigenvalue weighted by atomic mass is 16.2. The SMILES string of the molecule is CCC(C)(C)NC(=O)CC(NC(C)=O)c1ccccc1. The first-order valence-electron chi connectivity index (χ1n) is 6.97. The van der Waals surface area contributed by atoms with Crippen LogP contribution in [0, 0.1) is 0 Å². The van der Waals surface area contributed by atoms with Crippen LogP contribution < -0.4 is 10.6 Å². The van der Waals surface area contributed by atoms with Gasteiger partial charge in [-0.2, -0.15) is 0 Å². The van der Waals surface area contributed by atoms with Gasteiger partial charge in [0.1, 0.15) is 0 Å². The molecule has 20 heavy (non-hydrogen) atoms. The van der Waals surface area contributed by atoms with Gasteiger partial charge in [-0.05, 0) is 25.8 Å². The summed E-state index contributed by atoms with van der Waals surface area (Å²) in [6.45, 7) is 7.47. The van der Waals surface area contributed by atoms with Crippen molar-refractivity contribution >= 4 is 11.8 Å². The third-order valence-corrected chi connectivity index (χ3v) is 3.33. The Hall–Kier alpha value is -1.84. The Bertz CT molecular complexity index is 455. The van der Waals surface area contributed by atoms with E-state index in [1.165, 1.54) is 6.92 Å². The van der Waals surface area contributed by atoms with Crippen molar-refractivity contribution in [3.8, 4) is 0 Å². The van der Waals surface area contributed by atoms with Gasteiger partial charge < -0.3 is 10.6 Å². The first kappa shape index (κ1) is 16.2. The van der Waals surface area contributed by atoms with Gasteiger partial charge in [0.05, 0.1) is 12.5 Å². The van der Waals surface area contributed by atoms with E-state index in [2.05, 4.69) is 10.6 Å². The molecule has 1 atom stereocenters. The molecule has 2 N–H and O–H groups in total. The van der Waals surface area contributed by atoms with Crippen molar-refractivity contribution < 1.29 is 9.59 Å². The Morgan fingerprint density at radius 3 is 2.30 bits per heavy atom. The van der Waals surface area contributed by atoms with Crippen LogP contribution >= 0.6 is 0 Å². The molecule has 0 saturated carbocycles. The number of benzene rings is 1. The maximum atomic E-state index is 12.1. The molecule has 1 aromatic carbocycles. The number of hydrogen-bond acceptors (Lipinski definition) is 2. The van der Waals surface area contributed by atoms with Crippen molar-refractivity contribution in [2.45, 2.75) is 52.1 Å². The average Bonchev–Trinajstić information content (AvgIpc) is 2.38. The molecule has 0 aliphatic rings. The minimum absolute atomic E-state index is 0.0561. The third-order valence-electron chi connectivity index (χ3n) is 3.33. The lowest BCUT2D eigenvalue weighted by Crippen LogP contribution is -2.44. The van der Waals surface area contributed by atoms with E-state index in [1.807, 2.05) is 51.1 Å². The van der Waals surface area contributed by atoms with Gasteiger partial charge in [-0.1, -0.05) is 37.3 Å². The van der Waals surface area contributed by atoms with E-state index in [0.717, 1.165) is 12.0 Å². The number of carbonyl (C=O) groups is 2. The predicted molar refractivity (Wildman–Crippen MR) is 80.1 cm³/mol. The smallest absolute Gasteiger partial charge is 0.222 e. The van der Waals surface area contributed by atoms with Crippen LogP contribution in [0.4, 0.5) is 0 Å². The molecule has 0 radical (unpaired) electrons. The number of amides is 2. The molecule has 0 bridgehead atoms. The van der Waals surface area contributed by atoms with Crippen molar-refractivity contribution in [2.24, 2.45) is 0 Å². The number of hydrogen-bond donors (Lipinski definition) is 2. The van der Waals surface area contributed by atoms with E-state index >= 15 is 0 Å². The second-order valence-corrected chi connectivity index (χ2v) is 5.65. The maximum absolute atomic E-state index is 12.1. The van der Waals surface area contributed by atoms with Crippen molar-refractivity contribution in [2.75, 3.05) is 0 Å². The molecule has 0 aliphatic heterocycles. The van der Waals surface area contributed by atoms with E-state index in [4.69, 9.17) is 0 Å². The Kier molecular flexibility index (Phi) is 5.74. The zero-order valence-corrected chi connectivity index (χ0v) is 12.7. The van der Waals surface area contributed by atoms with Crippen LogP contribution in [0.1, 0.15) is 52.1 Å². The fraction of sp³-hybridized carbons (Fsp3) is 0.500. The molecule has 0 fully saturated rings. The summed E-state index contributed by atoms with van der Waals surface area (Å²) in [6, 6.07) is 9.25. The molecule has 2 amide bonds. The average molecular weight is 276 g/mol. The number of rotatable bonds is 6. The highest BCUT2D eigenvalue weighted by Gasteiger charge is 2.22. The van der Waals surface area contributed by atoms with Crippen molar-refractivity contribution in [1.29, 1.82) is 0 Å². The first-order valence-corrected chi connectivity index (χ1v) is 6.97. The summed E-state index contributed by atoms with van der Waals surface area (Å²) in [5.74, 6) is -0.194. The summed E-state index contributed by atoms with van der Waals surface area (Å²) >= 11 is 0. The van der Waals surface area contributed by atoms with Crippen LogP contribution in [0.25, 0.3) is 0 Å². The van der Waals surface area contributed by atoms with Gasteiger partial charge in [0.15, 0.2) is 0 Å². The summed E-state index contributed by atoms with van der Waals surface area (Å²) in [6.07, 6.45) is 1.10. The van der Waals surface area contributed by atoms with E-state index in [0.29, 0.717) is 0 Å². The largest absolute Gasteiger partial charge is 0.351 e. The molecule has 0 heterocycles. The van der Waals surface area contributed by atoms with Crippen molar-refractivity contribution in [1.82, 2.24) is 10.6 Å². The van der Waals surface area contributed by atoms with Gasteiger partial charge in [-0.3, -0.25) is 9.59 Å². The summed E-state index contributed by atoms with van der Waals surface area (Å²) in [4.78, 5) is 23.4. The molecule has 1 aromatic rings. The highest BCUT2D eigenvalue weighted by molar-refractivity contribution is 5.79. The van der Waals surface area contributed by atoms with Crippen molar-refractivity contribution in [3.63, 3.8) is 0 Å². The lowest BCUT2D eigenvalue weighted by molar-refractivity contribution is -0.124. The molecule has 110 valence electrons. The van der Waals surface area contributed by atoms with Crippen LogP contribution in [-0.4, -0.2) is 17.4 Å². The quantitative estimate of drug-likeness (QED) is 0.839. The summed E-state index contributed by atoms with van der Waals surface area (Å²) in [7, 11) is 0. The second kappa shape index (κ2) is 7.08. The van der Waals surface area contributed by atoms with Crippen LogP contribution in [0.5, 0.6) is 0 Å². The molecule has 0 aliphatic carbocycles. The lowest BCUT2D eigenvalue weighted by atomic mass is 9.99. The monoisotopic (exact) mass is 276 g/mol. The van der Waals surface area contributed by atoms with Gasteiger partial charge in [0.25, 0.3) is 0 Å². The van der Waals surface area contributed by atoms with Crippen LogP contribution in [0.15, 0.2) is 30.3 Å². The summed E-state index contributed by atoms with van der Waals surface area (Å²) in [5, 5.41) is 5.82. The van der Waals surface area contributed by atoms with Gasteiger partial charge in [0, 0.05) is 12.5 Å². The molecule has 4 nitrogen and oxygen atoms in total. The number of carbonyl (C=O) groups excluding carboxylic acids is 2. The van der Waals surface area contributed by atoms with Crippen LogP contribution in [0.2, 0.25) is 0 Å². The third kappa shape index (κ3) is 5.43. The standard InChI is InChI=1S/C16H24N2O2/c1-5-16(3,4)18-15(20)11-14(17-12(2)19)13-9-7-6-8-10-13/h6-10,14H,5,11H2,1-4H3,(H,17,19)(H,18,20). The minimum Gasteiger partial charge on any atom is -0.351 e. The topological polar surface area (TPSA) is 58.2 Å². The van der Waals surface area contributed by atoms with E-state index in [-0.39, 0.29) is 29.8 Å². The fourth-order valence-electron chi connectivity index (χ4n) is 1.89. The van der Waals surface area contributed by atoms with E-state index in [9.17, 15) is 9.59 Å². The Labute approximate surface area is 121 Å². The number of nitrogens with one attached hydrogen (secondary N) is 2. The lowest BCUT2D eigenvalue weighted by Gasteiger charge is -2.26.